The van der Waals surface area contributed by atoms with Crippen LogP contribution in [0.2, 0.25) is 0 Å². The van der Waals surface area contributed by atoms with E-state index < -0.39 is 16.6 Å². The van der Waals surface area contributed by atoms with Crippen molar-refractivity contribution in [2.45, 2.75) is 0 Å². The van der Waals surface area contributed by atoms with Crippen LogP contribution in [0.25, 0.3) is 10.6 Å². The number of hydrogen-bond donors (Lipinski definition) is 1. The number of nitro benzene ring substituents is 1. The Kier molecular flexibility index (Phi) is 4.57. The van der Waals surface area contributed by atoms with E-state index in [-0.39, 0.29) is 16.4 Å². The van der Waals surface area contributed by atoms with E-state index >= 15 is 0 Å². The largest absolute Gasteiger partial charge is 0.298 e. The van der Waals surface area contributed by atoms with E-state index in [0.717, 1.165) is 11.3 Å². The van der Waals surface area contributed by atoms with Crippen molar-refractivity contribution in [1.82, 2.24) is 10.2 Å². The quantitative estimate of drug-likeness (QED) is 0.326. The van der Waals surface area contributed by atoms with Gasteiger partial charge in [-0.2, -0.15) is 0 Å². The fourth-order valence-electron chi connectivity index (χ4n) is 1.99. The van der Waals surface area contributed by atoms with E-state index in [0.29, 0.717) is 10.6 Å². The van der Waals surface area contributed by atoms with Crippen LogP contribution in [0.5, 0.6) is 0 Å². The van der Waals surface area contributed by atoms with Gasteiger partial charge >= 0.3 is 0 Å². The average Bonchev–Trinajstić information content (AvgIpc) is 3.10. The zero-order valence-corrected chi connectivity index (χ0v) is 13.4. The first-order valence-electron chi connectivity index (χ1n) is 7.03. The molecule has 25 heavy (non-hydrogen) atoms. The Labute approximate surface area is 145 Å². The lowest BCUT2D eigenvalue weighted by atomic mass is 10.1. The smallest absolute Gasteiger partial charge is 0.293 e. The summed E-state index contributed by atoms with van der Waals surface area (Å²) in [5.41, 5.74) is 0.869. The number of non-ortho nitro benzene ring substituents is 1. The van der Waals surface area contributed by atoms with E-state index in [9.17, 15) is 19.7 Å². The summed E-state index contributed by atoms with van der Waals surface area (Å²) in [5, 5.41) is 21.4. The summed E-state index contributed by atoms with van der Waals surface area (Å²) in [6, 6.07) is 14.0. The first-order valence-corrected chi connectivity index (χ1v) is 7.85. The number of ketones is 1. The van der Waals surface area contributed by atoms with Crippen molar-refractivity contribution in [1.29, 1.82) is 0 Å². The molecule has 2 aromatic carbocycles. The summed E-state index contributed by atoms with van der Waals surface area (Å²) in [5.74, 6) is -1.48. The Hall–Kier alpha value is -3.46. The zero-order chi connectivity index (χ0) is 17.8. The molecular weight excluding hydrogens is 344 g/mol. The van der Waals surface area contributed by atoms with Crippen molar-refractivity contribution in [2.75, 3.05) is 5.32 Å². The average molecular weight is 354 g/mol. The number of carbonyl (C=O) groups excluding carboxylic acids is 2. The van der Waals surface area contributed by atoms with Gasteiger partial charge in [-0.1, -0.05) is 41.7 Å². The summed E-state index contributed by atoms with van der Waals surface area (Å²) < 4.78 is 0. The number of aromatic nitrogens is 2. The number of amides is 1. The van der Waals surface area contributed by atoms with E-state index in [2.05, 4.69) is 15.5 Å². The Balaban J connectivity index is 1.72. The van der Waals surface area contributed by atoms with Gasteiger partial charge in [0.15, 0.2) is 0 Å². The zero-order valence-electron chi connectivity index (χ0n) is 12.6. The highest BCUT2D eigenvalue weighted by molar-refractivity contribution is 7.18. The predicted molar refractivity (Wildman–Crippen MR) is 91.4 cm³/mol. The molecular formula is C16H10N4O4S. The van der Waals surface area contributed by atoms with Gasteiger partial charge in [-0.25, -0.2) is 0 Å². The van der Waals surface area contributed by atoms with Crippen LogP contribution >= 0.6 is 11.3 Å². The van der Waals surface area contributed by atoms with E-state index in [1.165, 1.54) is 12.1 Å². The normalized spacial score (nSPS) is 10.2. The third-order valence-electron chi connectivity index (χ3n) is 3.21. The highest BCUT2D eigenvalue weighted by atomic mass is 32.1. The molecule has 8 nitrogen and oxygen atoms in total. The molecule has 1 aromatic heterocycles. The molecule has 0 aliphatic carbocycles. The number of carbonyl (C=O) groups is 2. The first-order chi connectivity index (χ1) is 12.0. The molecule has 0 atom stereocenters. The summed E-state index contributed by atoms with van der Waals surface area (Å²) in [6.07, 6.45) is 0. The molecule has 0 saturated heterocycles. The molecule has 1 amide bonds. The van der Waals surface area contributed by atoms with E-state index in [1.807, 2.05) is 0 Å². The Morgan fingerprint density at radius 1 is 1.00 bits per heavy atom. The molecule has 9 heteroatoms. The summed E-state index contributed by atoms with van der Waals surface area (Å²) in [7, 11) is 0. The molecule has 0 spiro atoms. The molecule has 0 aliphatic rings. The van der Waals surface area contributed by atoms with Gasteiger partial charge in [0.1, 0.15) is 5.01 Å². The molecule has 3 rings (SSSR count). The standard InChI is InChI=1S/C16H10N4O4S/c21-13(10-4-2-1-3-5-10)14(22)17-16-19-18-15(25-16)11-6-8-12(9-7-11)20(23)24/h1-9H,(H,17,19,22). The highest BCUT2D eigenvalue weighted by Gasteiger charge is 2.18. The number of nitrogens with one attached hydrogen (secondary N) is 1. The Morgan fingerprint density at radius 3 is 2.32 bits per heavy atom. The number of anilines is 1. The SMILES string of the molecule is O=C(Nc1nnc(-c2ccc([N+](=O)[O-])cc2)s1)C(=O)c1ccccc1. The fourth-order valence-corrected chi connectivity index (χ4v) is 2.73. The van der Waals surface area contributed by atoms with Gasteiger partial charge in [0.25, 0.3) is 17.4 Å². The van der Waals surface area contributed by atoms with Crippen molar-refractivity contribution in [3.05, 3.63) is 70.3 Å². The van der Waals surface area contributed by atoms with Gasteiger partial charge < -0.3 is 0 Å². The van der Waals surface area contributed by atoms with Crippen LogP contribution < -0.4 is 5.32 Å². The maximum Gasteiger partial charge on any atom is 0.298 e. The van der Waals surface area contributed by atoms with Gasteiger partial charge in [-0.15, -0.1) is 10.2 Å². The van der Waals surface area contributed by atoms with Crippen LogP contribution in [0, 0.1) is 10.1 Å². The lowest BCUT2D eigenvalue weighted by Crippen LogP contribution is -2.22. The van der Waals surface area contributed by atoms with Crippen molar-refractivity contribution in [3.63, 3.8) is 0 Å². The molecule has 0 unspecified atom stereocenters. The molecule has 0 bridgehead atoms. The minimum Gasteiger partial charge on any atom is -0.293 e. The molecule has 1 heterocycles. The van der Waals surface area contributed by atoms with Crippen molar-refractivity contribution in [2.24, 2.45) is 0 Å². The van der Waals surface area contributed by atoms with Crippen molar-refractivity contribution < 1.29 is 14.5 Å². The third-order valence-corrected chi connectivity index (χ3v) is 4.10. The molecule has 0 fully saturated rings. The van der Waals surface area contributed by atoms with Crippen molar-refractivity contribution >= 4 is 33.8 Å². The summed E-state index contributed by atoms with van der Waals surface area (Å²) in [4.78, 5) is 34.1. The predicted octanol–water partition coefficient (Wildman–Crippen LogP) is 2.93. The second kappa shape index (κ2) is 6.97. The Morgan fingerprint density at radius 2 is 1.68 bits per heavy atom. The molecule has 0 radical (unpaired) electrons. The van der Waals surface area contributed by atoms with Crippen LogP contribution in [-0.2, 0) is 4.79 Å². The molecule has 0 aliphatic heterocycles. The van der Waals surface area contributed by atoms with Crippen molar-refractivity contribution in [3.8, 4) is 10.6 Å². The van der Waals surface area contributed by atoms with Crippen LogP contribution in [0.15, 0.2) is 54.6 Å². The molecule has 3 aromatic rings. The monoisotopic (exact) mass is 354 g/mol. The number of hydrogen-bond acceptors (Lipinski definition) is 7. The third kappa shape index (κ3) is 3.72. The molecule has 124 valence electrons. The summed E-state index contributed by atoms with van der Waals surface area (Å²) in [6.45, 7) is 0. The van der Waals surface area contributed by atoms with E-state index in [4.69, 9.17) is 0 Å². The number of benzene rings is 2. The summed E-state index contributed by atoms with van der Waals surface area (Å²) >= 11 is 1.06. The minimum atomic E-state index is -0.808. The van der Waals surface area contributed by atoms with Gasteiger partial charge in [0.05, 0.1) is 4.92 Å². The number of Topliss-reactive ketones (excluding diaryl/α,β-unsaturated/α-hetero) is 1. The lowest BCUT2D eigenvalue weighted by Gasteiger charge is -2.00. The Bertz CT molecular complexity index is 938. The first kappa shape index (κ1) is 16.4. The van der Waals surface area contributed by atoms with Gasteiger partial charge in [0, 0.05) is 23.3 Å². The van der Waals surface area contributed by atoms with Gasteiger partial charge in [-0.3, -0.25) is 25.0 Å². The molecule has 0 saturated carbocycles. The number of nitro groups is 1. The van der Waals surface area contributed by atoms with Crippen LogP contribution in [-0.4, -0.2) is 26.8 Å². The second-order valence-electron chi connectivity index (χ2n) is 4.87. The highest BCUT2D eigenvalue weighted by Crippen LogP contribution is 2.27. The van der Waals surface area contributed by atoms with Gasteiger partial charge in [-0.05, 0) is 12.1 Å². The van der Waals surface area contributed by atoms with E-state index in [1.54, 1.807) is 42.5 Å². The second-order valence-corrected chi connectivity index (χ2v) is 5.84. The van der Waals surface area contributed by atoms with Crippen LogP contribution in [0.1, 0.15) is 10.4 Å². The van der Waals surface area contributed by atoms with Crippen LogP contribution in [0.4, 0.5) is 10.8 Å². The van der Waals surface area contributed by atoms with Crippen LogP contribution in [0.3, 0.4) is 0 Å². The maximum atomic E-state index is 12.0. The lowest BCUT2D eigenvalue weighted by molar-refractivity contribution is -0.384. The fraction of sp³-hybridized carbons (Fsp3) is 0. The number of nitrogens with zero attached hydrogens (tertiary/aromatic N) is 3. The molecule has 1 N–H and O–H groups in total. The minimum absolute atomic E-state index is 0.0322. The maximum absolute atomic E-state index is 12.0. The number of rotatable bonds is 5. The van der Waals surface area contributed by atoms with Gasteiger partial charge in [0.2, 0.25) is 5.13 Å². The topological polar surface area (TPSA) is 115 Å².